The van der Waals surface area contributed by atoms with E-state index in [2.05, 4.69) is 21.2 Å². The molecule has 6 nitrogen and oxygen atoms in total. The van der Waals surface area contributed by atoms with Gasteiger partial charge in [-0.2, -0.15) is 5.10 Å². The highest BCUT2D eigenvalue weighted by molar-refractivity contribution is 6.08. The standard InChI is InChI=1S/C26H27FN4O2/c27-23-12-18(20-13-28-29-14-20)7-8-19(23)15-31-24-6-2-1-5-22(24)26(25(31)32)9-10-30(17-26)21-4-3-11-33-16-21/h1-2,5-8,12-14,21H,3-4,9-11,15-17H2,(H,28,29). The zero-order valence-corrected chi connectivity index (χ0v) is 18.5. The van der Waals surface area contributed by atoms with Gasteiger partial charge in [-0.1, -0.05) is 30.3 Å². The highest BCUT2D eigenvalue weighted by atomic mass is 19.1. The molecule has 2 saturated heterocycles. The van der Waals surface area contributed by atoms with Crippen molar-refractivity contribution in [3.8, 4) is 11.1 Å². The van der Waals surface area contributed by atoms with Gasteiger partial charge >= 0.3 is 0 Å². The maximum absolute atomic E-state index is 15.1. The summed E-state index contributed by atoms with van der Waals surface area (Å²) in [7, 11) is 0. The minimum atomic E-state index is -0.554. The number of anilines is 1. The van der Waals surface area contributed by atoms with E-state index in [1.165, 1.54) is 6.07 Å². The third-order valence-electron chi connectivity index (χ3n) is 7.53. The third-order valence-corrected chi connectivity index (χ3v) is 7.53. The van der Waals surface area contributed by atoms with Crippen molar-refractivity contribution in [1.82, 2.24) is 15.1 Å². The van der Waals surface area contributed by atoms with Crippen molar-refractivity contribution in [3.05, 3.63) is 71.8 Å². The van der Waals surface area contributed by atoms with E-state index in [9.17, 15) is 4.79 Å². The van der Waals surface area contributed by atoms with Crippen molar-refractivity contribution in [1.29, 1.82) is 0 Å². The third kappa shape index (κ3) is 3.38. The van der Waals surface area contributed by atoms with E-state index in [1.54, 1.807) is 23.4 Å². The van der Waals surface area contributed by atoms with E-state index in [0.717, 1.165) is 61.4 Å². The molecule has 2 aromatic carbocycles. The molecule has 7 heteroatoms. The van der Waals surface area contributed by atoms with Crippen molar-refractivity contribution in [2.24, 2.45) is 0 Å². The van der Waals surface area contributed by atoms with Gasteiger partial charge in [0.05, 0.1) is 24.8 Å². The summed E-state index contributed by atoms with van der Waals surface area (Å²) in [5, 5.41) is 6.69. The highest BCUT2D eigenvalue weighted by Crippen LogP contribution is 2.48. The molecule has 0 bridgehead atoms. The maximum atomic E-state index is 15.1. The number of para-hydroxylation sites is 1. The van der Waals surface area contributed by atoms with Crippen LogP contribution in [-0.4, -0.2) is 53.3 Å². The largest absolute Gasteiger partial charge is 0.380 e. The Kier molecular flexibility index (Phi) is 5.03. The van der Waals surface area contributed by atoms with Crippen LogP contribution in [-0.2, 0) is 21.5 Å². The van der Waals surface area contributed by atoms with E-state index >= 15 is 4.39 Å². The van der Waals surface area contributed by atoms with Crippen LogP contribution >= 0.6 is 0 Å². The Hall–Kier alpha value is -3.03. The summed E-state index contributed by atoms with van der Waals surface area (Å²) in [6.07, 6.45) is 6.38. The Bertz CT molecular complexity index is 1170. The molecule has 1 amide bonds. The van der Waals surface area contributed by atoms with Crippen molar-refractivity contribution in [2.45, 2.75) is 37.3 Å². The normalized spacial score (nSPS) is 25.2. The van der Waals surface area contributed by atoms with Crippen LogP contribution in [0.5, 0.6) is 0 Å². The number of H-pyrrole nitrogens is 1. The number of nitrogens with one attached hydrogen (secondary N) is 1. The zero-order chi connectivity index (χ0) is 22.4. The Morgan fingerprint density at radius 1 is 1.21 bits per heavy atom. The zero-order valence-electron chi connectivity index (χ0n) is 18.5. The highest BCUT2D eigenvalue weighted by Gasteiger charge is 2.55. The molecule has 2 atom stereocenters. The summed E-state index contributed by atoms with van der Waals surface area (Å²) < 4.78 is 20.8. The lowest BCUT2D eigenvalue weighted by molar-refractivity contribution is -0.123. The van der Waals surface area contributed by atoms with Gasteiger partial charge in [0.15, 0.2) is 0 Å². The summed E-state index contributed by atoms with van der Waals surface area (Å²) in [5.41, 5.74) is 3.53. The molecule has 2 unspecified atom stereocenters. The number of carbonyl (C=O) groups is 1. The van der Waals surface area contributed by atoms with Crippen LogP contribution in [0.3, 0.4) is 0 Å². The van der Waals surface area contributed by atoms with Gasteiger partial charge in [0.25, 0.3) is 0 Å². The van der Waals surface area contributed by atoms with Crippen LogP contribution in [0.25, 0.3) is 11.1 Å². The molecule has 0 saturated carbocycles. The Morgan fingerprint density at radius 2 is 2.12 bits per heavy atom. The monoisotopic (exact) mass is 446 g/mol. The summed E-state index contributed by atoms with van der Waals surface area (Å²) in [6.45, 7) is 3.38. The molecule has 33 heavy (non-hydrogen) atoms. The second-order valence-electron chi connectivity index (χ2n) is 9.38. The van der Waals surface area contributed by atoms with E-state index in [0.29, 0.717) is 18.2 Å². The fraction of sp³-hybridized carbons (Fsp3) is 0.385. The average Bonchev–Trinajstić information content (AvgIpc) is 3.59. The molecule has 3 aliphatic heterocycles. The second kappa shape index (κ2) is 8.08. The first-order chi connectivity index (χ1) is 16.2. The minimum absolute atomic E-state index is 0.0845. The second-order valence-corrected chi connectivity index (χ2v) is 9.38. The van der Waals surface area contributed by atoms with Gasteiger partial charge in [0.1, 0.15) is 5.82 Å². The quantitative estimate of drug-likeness (QED) is 0.661. The van der Waals surface area contributed by atoms with Gasteiger partial charge in [-0.05, 0) is 49.1 Å². The van der Waals surface area contributed by atoms with Gasteiger partial charge in [-0.15, -0.1) is 0 Å². The molecule has 3 aliphatic rings. The molecule has 0 aliphatic carbocycles. The molecule has 6 rings (SSSR count). The van der Waals surface area contributed by atoms with Crippen molar-refractivity contribution in [2.75, 3.05) is 31.2 Å². The smallest absolute Gasteiger partial charge is 0.239 e. The molecule has 1 N–H and O–H groups in total. The minimum Gasteiger partial charge on any atom is -0.380 e. The number of nitrogens with zero attached hydrogens (tertiary/aromatic N) is 3. The fourth-order valence-corrected chi connectivity index (χ4v) is 5.74. The number of benzene rings is 2. The first-order valence-corrected chi connectivity index (χ1v) is 11.7. The molecular formula is C26H27FN4O2. The number of halogens is 1. The van der Waals surface area contributed by atoms with Crippen molar-refractivity contribution in [3.63, 3.8) is 0 Å². The number of aromatic nitrogens is 2. The number of hydrogen-bond acceptors (Lipinski definition) is 4. The van der Waals surface area contributed by atoms with Gasteiger partial charge in [0.2, 0.25) is 5.91 Å². The summed E-state index contributed by atoms with van der Waals surface area (Å²) in [4.78, 5) is 18.1. The lowest BCUT2D eigenvalue weighted by atomic mass is 9.81. The number of ether oxygens (including phenoxy) is 1. The van der Waals surface area contributed by atoms with Crippen LogP contribution in [0.4, 0.5) is 10.1 Å². The van der Waals surface area contributed by atoms with Gasteiger partial charge < -0.3 is 9.64 Å². The van der Waals surface area contributed by atoms with E-state index in [4.69, 9.17) is 4.74 Å². The van der Waals surface area contributed by atoms with Crippen LogP contribution < -0.4 is 4.90 Å². The number of aromatic amines is 1. The average molecular weight is 447 g/mol. The van der Waals surface area contributed by atoms with Crippen LogP contribution in [0.1, 0.15) is 30.4 Å². The predicted molar refractivity (Wildman–Crippen MR) is 123 cm³/mol. The summed E-state index contributed by atoms with van der Waals surface area (Å²) >= 11 is 0. The molecule has 4 heterocycles. The van der Waals surface area contributed by atoms with Gasteiger partial charge in [-0.3, -0.25) is 14.8 Å². The summed E-state index contributed by atoms with van der Waals surface area (Å²) in [6, 6.07) is 13.6. The molecule has 0 radical (unpaired) electrons. The first-order valence-electron chi connectivity index (χ1n) is 11.7. The van der Waals surface area contributed by atoms with Gasteiger partial charge in [0, 0.05) is 42.2 Å². The van der Waals surface area contributed by atoms with E-state index in [-0.39, 0.29) is 18.3 Å². The number of fused-ring (bicyclic) bond motifs is 2. The number of carbonyl (C=O) groups excluding carboxylic acids is 1. The SMILES string of the molecule is O=C1N(Cc2ccc(-c3cn[nH]c3)cc2F)c2ccccc2C12CCN(C1CCCOC1)C2. The fourth-order valence-electron chi connectivity index (χ4n) is 5.74. The molecule has 3 aromatic rings. The van der Waals surface area contributed by atoms with E-state index in [1.807, 2.05) is 24.3 Å². The molecule has 170 valence electrons. The molecular weight excluding hydrogens is 419 g/mol. The maximum Gasteiger partial charge on any atom is 0.239 e. The predicted octanol–water partition coefficient (Wildman–Crippen LogP) is 3.89. The van der Waals surface area contributed by atoms with Gasteiger partial charge in [-0.25, -0.2) is 4.39 Å². The number of likely N-dealkylation sites (tertiary alicyclic amines) is 1. The lowest BCUT2D eigenvalue weighted by Gasteiger charge is -2.32. The molecule has 1 spiro atoms. The number of hydrogen-bond donors (Lipinski definition) is 1. The number of amides is 1. The van der Waals surface area contributed by atoms with Crippen LogP contribution in [0, 0.1) is 5.82 Å². The van der Waals surface area contributed by atoms with Crippen LogP contribution in [0.15, 0.2) is 54.9 Å². The summed E-state index contributed by atoms with van der Waals surface area (Å²) in [5.74, 6) is -0.228. The molecule has 2 fully saturated rings. The first kappa shape index (κ1) is 20.6. The Labute approximate surface area is 192 Å². The van der Waals surface area contributed by atoms with Crippen molar-refractivity contribution < 1.29 is 13.9 Å². The lowest BCUT2D eigenvalue weighted by Crippen LogP contribution is -2.45. The Balaban J connectivity index is 1.29. The van der Waals surface area contributed by atoms with Crippen molar-refractivity contribution >= 4 is 11.6 Å². The Morgan fingerprint density at radius 3 is 2.91 bits per heavy atom. The van der Waals surface area contributed by atoms with Crippen LogP contribution in [0.2, 0.25) is 0 Å². The molecule has 1 aromatic heterocycles. The number of rotatable bonds is 4. The topological polar surface area (TPSA) is 61.5 Å². The van der Waals surface area contributed by atoms with E-state index < -0.39 is 5.41 Å².